The first-order valence-electron chi connectivity index (χ1n) is 12.7. The second kappa shape index (κ2) is 12.1. The van der Waals surface area contributed by atoms with Gasteiger partial charge in [0.15, 0.2) is 0 Å². The van der Waals surface area contributed by atoms with E-state index in [9.17, 15) is 9.59 Å². The van der Waals surface area contributed by atoms with Gasteiger partial charge in [-0.2, -0.15) is 0 Å². The average molecular weight is 490 g/mol. The molecule has 1 aliphatic rings. The third-order valence-corrected chi connectivity index (χ3v) is 7.86. The van der Waals surface area contributed by atoms with Gasteiger partial charge in [-0.25, -0.2) is 0 Å². The molecule has 1 N–H and O–H groups in total. The Morgan fingerprint density at radius 1 is 1.06 bits per heavy atom. The number of anilines is 1. The maximum Gasteiger partial charge on any atom is 0.248 e. The highest BCUT2D eigenvalue weighted by molar-refractivity contribution is 7.10. The van der Waals surface area contributed by atoms with E-state index in [0.717, 1.165) is 42.7 Å². The normalized spacial score (nSPS) is 15.8. The van der Waals surface area contributed by atoms with Crippen LogP contribution in [0.25, 0.3) is 0 Å². The number of benzene rings is 1. The molecule has 4 rings (SSSR count). The number of pyridine rings is 1. The molecule has 1 fully saturated rings. The maximum absolute atomic E-state index is 13.8. The fourth-order valence-electron chi connectivity index (χ4n) is 4.77. The summed E-state index contributed by atoms with van der Waals surface area (Å²) in [7, 11) is 0. The van der Waals surface area contributed by atoms with Crippen LogP contribution in [0.1, 0.15) is 80.3 Å². The fourth-order valence-corrected chi connectivity index (χ4v) is 5.46. The summed E-state index contributed by atoms with van der Waals surface area (Å²) in [4.78, 5) is 34.6. The molecule has 0 bridgehead atoms. The number of thiophene rings is 1. The van der Waals surface area contributed by atoms with Gasteiger partial charge >= 0.3 is 0 Å². The highest BCUT2D eigenvalue weighted by Gasteiger charge is 2.34. The Morgan fingerprint density at radius 3 is 2.46 bits per heavy atom. The molecule has 35 heavy (non-hydrogen) atoms. The molecule has 6 heteroatoms. The van der Waals surface area contributed by atoms with Crippen molar-refractivity contribution < 1.29 is 9.59 Å². The molecular formula is C29H35N3O2S. The molecule has 2 heterocycles. The first kappa shape index (κ1) is 25.1. The van der Waals surface area contributed by atoms with Gasteiger partial charge in [-0.3, -0.25) is 19.5 Å². The molecule has 0 unspecified atom stereocenters. The van der Waals surface area contributed by atoms with Crippen LogP contribution in [0.4, 0.5) is 5.69 Å². The molecule has 0 saturated heterocycles. The SMILES string of the molecule is CC[C@@H](C)c1ccc(N(C(=O)Cc2cccs2)[C@H](C(=O)NC2CCCCC2)c2cccnc2)cc1. The molecule has 5 nitrogen and oxygen atoms in total. The van der Waals surface area contributed by atoms with Crippen LogP contribution in [0.3, 0.4) is 0 Å². The molecule has 1 aromatic carbocycles. The summed E-state index contributed by atoms with van der Waals surface area (Å²) < 4.78 is 0. The number of hydrogen-bond acceptors (Lipinski definition) is 4. The van der Waals surface area contributed by atoms with Gasteiger partial charge in [0, 0.05) is 34.6 Å². The third kappa shape index (κ3) is 6.37. The first-order valence-corrected chi connectivity index (χ1v) is 13.6. The standard InChI is InChI=1S/C29H35N3O2S/c1-3-21(2)22-13-15-25(16-14-22)32(27(33)19-26-12-8-18-35-26)28(23-9-7-17-30-20-23)29(34)31-24-10-5-4-6-11-24/h7-9,12-18,20-21,24,28H,3-6,10-11,19H2,1-2H3,(H,31,34)/t21-,28+/m1/s1. The summed E-state index contributed by atoms with van der Waals surface area (Å²) in [6, 6.07) is 15.1. The van der Waals surface area contributed by atoms with Gasteiger partial charge in [0.2, 0.25) is 11.8 Å². The zero-order valence-corrected chi connectivity index (χ0v) is 21.5. The number of carbonyl (C=O) groups excluding carboxylic acids is 2. The molecule has 0 aliphatic heterocycles. The van der Waals surface area contributed by atoms with Crippen molar-refractivity contribution in [3.05, 3.63) is 82.3 Å². The van der Waals surface area contributed by atoms with Gasteiger partial charge in [-0.05, 0) is 60.4 Å². The maximum atomic E-state index is 13.8. The van der Waals surface area contributed by atoms with Crippen LogP contribution in [0.2, 0.25) is 0 Å². The van der Waals surface area contributed by atoms with Gasteiger partial charge in [-0.15, -0.1) is 11.3 Å². The van der Waals surface area contributed by atoms with Gasteiger partial charge < -0.3 is 5.32 Å². The Kier molecular flexibility index (Phi) is 8.69. The van der Waals surface area contributed by atoms with Gasteiger partial charge in [0.25, 0.3) is 0 Å². The van der Waals surface area contributed by atoms with Crippen molar-refractivity contribution in [1.29, 1.82) is 0 Å². The molecule has 2 atom stereocenters. The van der Waals surface area contributed by atoms with Gasteiger partial charge in [0.05, 0.1) is 6.42 Å². The number of amides is 2. The van der Waals surface area contributed by atoms with Crippen LogP contribution in [-0.2, 0) is 16.0 Å². The van der Waals surface area contributed by atoms with Crippen molar-refractivity contribution in [3.63, 3.8) is 0 Å². The second-order valence-corrected chi connectivity index (χ2v) is 10.5. The monoisotopic (exact) mass is 489 g/mol. The lowest BCUT2D eigenvalue weighted by molar-refractivity contribution is -0.127. The number of nitrogens with zero attached hydrogens (tertiary/aromatic N) is 2. The molecule has 2 amide bonds. The molecule has 1 aliphatic carbocycles. The minimum atomic E-state index is -0.785. The summed E-state index contributed by atoms with van der Waals surface area (Å²) in [6.07, 6.45) is 10.1. The van der Waals surface area contributed by atoms with E-state index in [1.807, 2.05) is 41.8 Å². The van der Waals surface area contributed by atoms with Crippen LogP contribution >= 0.6 is 11.3 Å². The van der Waals surface area contributed by atoms with E-state index in [4.69, 9.17) is 0 Å². The summed E-state index contributed by atoms with van der Waals surface area (Å²) in [5, 5.41) is 5.24. The third-order valence-electron chi connectivity index (χ3n) is 6.99. The summed E-state index contributed by atoms with van der Waals surface area (Å²) >= 11 is 1.56. The van der Waals surface area contributed by atoms with Crippen LogP contribution in [0.15, 0.2) is 66.3 Å². The van der Waals surface area contributed by atoms with Crippen LogP contribution in [0, 0.1) is 0 Å². The Morgan fingerprint density at radius 2 is 1.83 bits per heavy atom. The number of hydrogen-bond donors (Lipinski definition) is 1. The van der Waals surface area contributed by atoms with Crippen LogP contribution in [0.5, 0.6) is 0 Å². The van der Waals surface area contributed by atoms with Crippen molar-refractivity contribution in [2.24, 2.45) is 0 Å². The van der Waals surface area contributed by atoms with Crippen molar-refractivity contribution in [1.82, 2.24) is 10.3 Å². The molecule has 0 spiro atoms. The lowest BCUT2D eigenvalue weighted by Crippen LogP contribution is -2.47. The number of aromatic nitrogens is 1. The minimum Gasteiger partial charge on any atom is -0.351 e. The second-order valence-electron chi connectivity index (χ2n) is 9.45. The zero-order chi connectivity index (χ0) is 24.6. The van der Waals surface area contributed by atoms with E-state index in [-0.39, 0.29) is 24.3 Å². The summed E-state index contributed by atoms with van der Waals surface area (Å²) in [5.41, 5.74) is 2.67. The molecular weight excluding hydrogens is 454 g/mol. The lowest BCUT2D eigenvalue weighted by Gasteiger charge is -2.33. The van der Waals surface area contributed by atoms with Crippen molar-refractivity contribution in [3.8, 4) is 0 Å². The van der Waals surface area contributed by atoms with Crippen molar-refractivity contribution in [2.75, 3.05) is 4.90 Å². The van der Waals surface area contributed by atoms with Crippen molar-refractivity contribution >= 4 is 28.8 Å². The Labute approximate surface area is 212 Å². The highest BCUT2D eigenvalue weighted by Crippen LogP contribution is 2.31. The van der Waals surface area contributed by atoms with Crippen LogP contribution in [-0.4, -0.2) is 22.8 Å². The summed E-state index contributed by atoms with van der Waals surface area (Å²) in [6.45, 7) is 4.37. The molecule has 1 saturated carbocycles. The van der Waals surface area contributed by atoms with Gasteiger partial charge in [-0.1, -0.05) is 57.4 Å². The van der Waals surface area contributed by atoms with E-state index >= 15 is 0 Å². The largest absolute Gasteiger partial charge is 0.351 e. The highest BCUT2D eigenvalue weighted by atomic mass is 32.1. The average Bonchev–Trinajstić information content (AvgIpc) is 3.41. The van der Waals surface area contributed by atoms with E-state index in [2.05, 4.69) is 36.3 Å². The number of rotatable bonds is 9. The predicted octanol–water partition coefficient (Wildman–Crippen LogP) is 6.42. The van der Waals surface area contributed by atoms with Gasteiger partial charge in [0.1, 0.15) is 6.04 Å². The lowest BCUT2D eigenvalue weighted by atomic mass is 9.94. The Bertz CT molecular complexity index is 1080. The zero-order valence-electron chi connectivity index (χ0n) is 20.7. The van der Waals surface area contributed by atoms with E-state index < -0.39 is 6.04 Å². The molecule has 0 radical (unpaired) electrons. The topological polar surface area (TPSA) is 62.3 Å². The van der Waals surface area contributed by atoms with E-state index in [1.54, 1.807) is 28.6 Å². The summed E-state index contributed by atoms with van der Waals surface area (Å²) in [5.74, 6) is 0.190. The Balaban J connectivity index is 1.72. The quantitative estimate of drug-likeness (QED) is 0.377. The number of carbonyl (C=O) groups is 2. The van der Waals surface area contributed by atoms with E-state index in [1.165, 1.54) is 12.0 Å². The molecule has 3 aromatic rings. The molecule has 184 valence electrons. The van der Waals surface area contributed by atoms with E-state index in [0.29, 0.717) is 11.5 Å². The minimum absolute atomic E-state index is 0.101. The Hall–Kier alpha value is -2.99. The van der Waals surface area contributed by atoms with Crippen LogP contribution < -0.4 is 10.2 Å². The predicted molar refractivity (Wildman–Crippen MR) is 143 cm³/mol. The van der Waals surface area contributed by atoms with Crippen molar-refractivity contribution in [2.45, 2.75) is 76.8 Å². The molecule has 2 aromatic heterocycles. The number of nitrogens with one attached hydrogen (secondary N) is 1. The fraction of sp³-hybridized carbons (Fsp3) is 0.414. The smallest absolute Gasteiger partial charge is 0.248 e. The first-order chi connectivity index (χ1) is 17.1.